The molecule has 6 heteroatoms. The number of carbonyl (C=O) groups is 1. The van der Waals surface area contributed by atoms with Crippen LogP contribution in [0.1, 0.15) is 36.2 Å². The zero-order valence-electron chi connectivity index (χ0n) is 13.9. The van der Waals surface area contributed by atoms with Crippen molar-refractivity contribution in [3.05, 3.63) is 43.8 Å². The van der Waals surface area contributed by atoms with Gasteiger partial charge in [0.05, 0.1) is 12.1 Å². The van der Waals surface area contributed by atoms with Crippen molar-refractivity contribution < 1.29 is 9.53 Å². The fraction of sp³-hybridized carbons (Fsp3) is 0.444. The summed E-state index contributed by atoms with van der Waals surface area (Å²) in [4.78, 5) is 27.3. The number of halogens is 1. The first-order chi connectivity index (χ1) is 11.5. The maximum absolute atomic E-state index is 12.8. The molecule has 1 atom stereocenters. The summed E-state index contributed by atoms with van der Waals surface area (Å²) < 4.78 is 8.16. The van der Waals surface area contributed by atoms with Crippen LogP contribution in [-0.2, 0) is 4.74 Å². The third kappa shape index (κ3) is 3.35. The molecule has 0 bridgehead atoms. The number of hydrogen-bond acceptors (Lipinski definition) is 4. The van der Waals surface area contributed by atoms with Gasteiger partial charge in [0, 0.05) is 27.7 Å². The molecule has 0 N–H and O–H groups in total. The van der Waals surface area contributed by atoms with Gasteiger partial charge in [0.25, 0.3) is 0 Å². The van der Waals surface area contributed by atoms with Gasteiger partial charge in [-0.2, -0.15) is 0 Å². The highest BCUT2D eigenvalue weighted by Gasteiger charge is 2.23. The Morgan fingerprint density at radius 3 is 2.92 bits per heavy atom. The minimum Gasteiger partial charge on any atom is -0.462 e. The molecule has 5 nitrogen and oxygen atoms in total. The molecule has 0 spiro atoms. The van der Waals surface area contributed by atoms with Gasteiger partial charge < -0.3 is 14.2 Å². The lowest BCUT2D eigenvalue weighted by atomic mass is 10.0. The molecule has 128 valence electrons. The second-order valence-corrected chi connectivity index (χ2v) is 7.47. The second kappa shape index (κ2) is 7.23. The number of nitrogens with zero attached hydrogens (tertiary/aromatic N) is 2. The van der Waals surface area contributed by atoms with Crippen LogP contribution in [0.3, 0.4) is 0 Å². The summed E-state index contributed by atoms with van der Waals surface area (Å²) in [6, 6.07) is 6.07. The Kier molecular flexibility index (Phi) is 5.24. The predicted molar refractivity (Wildman–Crippen MR) is 103 cm³/mol. The average molecular weight is 440 g/mol. The smallest absolute Gasteiger partial charge is 0.343 e. The van der Waals surface area contributed by atoms with Crippen LogP contribution in [0.15, 0.2) is 29.2 Å². The standard InChI is InChI=1S/C18H21IN2O3/c1-3-24-18(23)15-11-21(13-5-4-8-20(2)10-13)16-7-6-12(19)9-14(16)17(15)22/h6-7,9,11,13H,3-5,8,10H2,1-2H3/t13-/m1/s1. The molecule has 1 aromatic carbocycles. The summed E-state index contributed by atoms with van der Waals surface area (Å²) in [5, 5.41) is 0.584. The van der Waals surface area contributed by atoms with Gasteiger partial charge in [0.15, 0.2) is 0 Å². The quantitative estimate of drug-likeness (QED) is 0.544. The van der Waals surface area contributed by atoms with Crippen LogP contribution in [0, 0.1) is 3.57 Å². The second-order valence-electron chi connectivity index (χ2n) is 6.22. The maximum atomic E-state index is 12.8. The van der Waals surface area contributed by atoms with Crippen LogP contribution in [0.4, 0.5) is 0 Å². The van der Waals surface area contributed by atoms with E-state index < -0.39 is 5.97 Å². The van der Waals surface area contributed by atoms with E-state index in [0.29, 0.717) is 5.39 Å². The van der Waals surface area contributed by atoms with Gasteiger partial charge in [-0.3, -0.25) is 4.79 Å². The van der Waals surface area contributed by atoms with E-state index in [4.69, 9.17) is 4.74 Å². The lowest BCUT2D eigenvalue weighted by molar-refractivity contribution is 0.0523. The monoisotopic (exact) mass is 440 g/mol. The van der Waals surface area contributed by atoms with Crippen LogP contribution in [0.2, 0.25) is 0 Å². The maximum Gasteiger partial charge on any atom is 0.343 e. The molecule has 0 saturated carbocycles. The minimum atomic E-state index is -0.541. The van der Waals surface area contributed by atoms with Gasteiger partial charge in [0.2, 0.25) is 5.43 Å². The number of ether oxygens (including phenoxy) is 1. The highest BCUT2D eigenvalue weighted by atomic mass is 127. The van der Waals surface area contributed by atoms with E-state index in [-0.39, 0.29) is 23.6 Å². The van der Waals surface area contributed by atoms with Crippen LogP contribution in [0.25, 0.3) is 10.9 Å². The fourth-order valence-corrected chi connectivity index (χ4v) is 3.84. The molecule has 0 unspecified atom stereocenters. The topological polar surface area (TPSA) is 51.5 Å². The number of likely N-dealkylation sites (N-methyl/N-ethyl adjacent to an activating group) is 1. The largest absolute Gasteiger partial charge is 0.462 e. The number of likely N-dealkylation sites (tertiary alicyclic amines) is 1. The average Bonchev–Trinajstić information content (AvgIpc) is 2.55. The Bertz CT molecular complexity index is 831. The molecule has 0 amide bonds. The third-order valence-electron chi connectivity index (χ3n) is 4.48. The summed E-state index contributed by atoms with van der Waals surface area (Å²) >= 11 is 2.19. The summed E-state index contributed by atoms with van der Waals surface area (Å²) in [5.41, 5.74) is 0.760. The number of carbonyl (C=O) groups excluding carboxylic acids is 1. The summed E-state index contributed by atoms with van der Waals surface area (Å²) in [5.74, 6) is -0.541. The van der Waals surface area contributed by atoms with Gasteiger partial charge in [-0.15, -0.1) is 0 Å². The number of piperidine rings is 1. The molecular weight excluding hydrogens is 419 g/mol. The number of esters is 1. The number of rotatable bonds is 3. The molecule has 1 saturated heterocycles. The van der Waals surface area contributed by atoms with Gasteiger partial charge in [-0.1, -0.05) is 0 Å². The van der Waals surface area contributed by atoms with Crippen molar-refractivity contribution in [1.29, 1.82) is 0 Å². The molecule has 1 aliphatic heterocycles. The van der Waals surface area contributed by atoms with Gasteiger partial charge >= 0.3 is 5.97 Å². The number of pyridine rings is 1. The highest BCUT2D eigenvalue weighted by Crippen LogP contribution is 2.26. The zero-order valence-corrected chi connectivity index (χ0v) is 16.1. The van der Waals surface area contributed by atoms with E-state index in [9.17, 15) is 9.59 Å². The summed E-state index contributed by atoms with van der Waals surface area (Å²) in [6.45, 7) is 3.99. The Hall–Kier alpha value is -1.41. The Morgan fingerprint density at radius 1 is 1.42 bits per heavy atom. The molecule has 0 aliphatic carbocycles. The van der Waals surface area contributed by atoms with E-state index in [1.807, 2.05) is 18.2 Å². The molecule has 1 aromatic heterocycles. The lowest BCUT2D eigenvalue weighted by Crippen LogP contribution is -2.34. The molecule has 2 heterocycles. The Labute approximate surface area is 154 Å². The molecule has 24 heavy (non-hydrogen) atoms. The lowest BCUT2D eigenvalue weighted by Gasteiger charge is -2.32. The van der Waals surface area contributed by atoms with Gasteiger partial charge in [-0.05, 0) is 74.1 Å². The summed E-state index contributed by atoms with van der Waals surface area (Å²) in [6.07, 6.45) is 3.84. The fourth-order valence-electron chi connectivity index (χ4n) is 3.35. The van der Waals surface area contributed by atoms with Crippen LogP contribution in [-0.4, -0.2) is 42.2 Å². The van der Waals surface area contributed by atoms with E-state index >= 15 is 0 Å². The van der Waals surface area contributed by atoms with Gasteiger partial charge in [0.1, 0.15) is 5.56 Å². The van der Waals surface area contributed by atoms with Crippen LogP contribution in [0.5, 0.6) is 0 Å². The normalized spacial score (nSPS) is 18.7. The number of aromatic nitrogens is 1. The molecule has 1 aliphatic rings. The van der Waals surface area contributed by atoms with E-state index in [2.05, 4.69) is 39.1 Å². The van der Waals surface area contributed by atoms with Crippen molar-refractivity contribution in [2.75, 3.05) is 26.7 Å². The van der Waals surface area contributed by atoms with E-state index in [1.165, 1.54) is 0 Å². The number of benzene rings is 1. The van der Waals surface area contributed by atoms with Crippen LogP contribution >= 0.6 is 22.6 Å². The first kappa shape index (κ1) is 17.4. The van der Waals surface area contributed by atoms with Crippen molar-refractivity contribution >= 4 is 39.5 Å². The summed E-state index contributed by atoms with van der Waals surface area (Å²) in [7, 11) is 2.10. The minimum absolute atomic E-state index is 0.125. The Morgan fingerprint density at radius 2 is 2.21 bits per heavy atom. The van der Waals surface area contributed by atoms with E-state index in [0.717, 1.165) is 35.0 Å². The number of fused-ring (bicyclic) bond motifs is 1. The molecular formula is C18H21IN2O3. The van der Waals surface area contributed by atoms with Crippen molar-refractivity contribution in [3.63, 3.8) is 0 Å². The first-order valence-electron chi connectivity index (χ1n) is 8.21. The SMILES string of the molecule is CCOC(=O)c1cn([C@@H]2CCCN(C)C2)c2ccc(I)cc2c1=O. The number of hydrogen-bond donors (Lipinski definition) is 0. The molecule has 0 radical (unpaired) electrons. The van der Waals surface area contributed by atoms with Crippen LogP contribution < -0.4 is 5.43 Å². The third-order valence-corrected chi connectivity index (χ3v) is 5.15. The van der Waals surface area contributed by atoms with Gasteiger partial charge in [-0.25, -0.2) is 4.79 Å². The van der Waals surface area contributed by atoms with Crippen molar-refractivity contribution in [2.45, 2.75) is 25.8 Å². The molecule has 3 rings (SSSR count). The molecule has 1 fully saturated rings. The van der Waals surface area contributed by atoms with E-state index in [1.54, 1.807) is 13.1 Å². The van der Waals surface area contributed by atoms with Crippen molar-refractivity contribution in [1.82, 2.24) is 9.47 Å². The molecule has 2 aromatic rings. The Balaban J connectivity index is 2.21. The zero-order chi connectivity index (χ0) is 17.3. The highest BCUT2D eigenvalue weighted by molar-refractivity contribution is 14.1. The van der Waals surface area contributed by atoms with Crippen molar-refractivity contribution in [3.8, 4) is 0 Å². The predicted octanol–water partition coefficient (Wildman–Crippen LogP) is 3.05. The first-order valence-corrected chi connectivity index (χ1v) is 9.29. The van der Waals surface area contributed by atoms with Crippen molar-refractivity contribution in [2.24, 2.45) is 0 Å².